The molecular weight excluding hydrogens is 306 g/mol. The first kappa shape index (κ1) is 17.2. The van der Waals surface area contributed by atoms with E-state index < -0.39 is 0 Å². The number of hydrogen-bond acceptors (Lipinski definition) is 5. The molecule has 0 atom stereocenters. The van der Waals surface area contributed by atoms with E-state index in [1.807, 2.05) is 11.0 Å². The summed E-state index contributed by atoms with van der Waals surface area (Å²) in [5.74, 6) is 0.655. The van der Waals surface area contributed by atoms with E-state index >= 15 is 0 Å². The van der Waals surface area contributed by atoms with Gasteiger partial charge in [-0.3, -0.25) is 4.79 Å². The molecule has 0 bridgehead atoms. The number of aromatic nitrogens is 1. The van der Waals surface area contributed by atoms with Crippen LogP contribution >= 0.6 is 0 Å². The zero-order chi connectivity index (χ0) is 16.9. The van der Waals surface area contributed by atoms with Crippen LogP contribution in [0.5, 0.6) is 5.88 Å². The van der Waals surface area contributed by atoms with Gasteiger partial charge in [-0.05, 0) is 33.0 Å². The van der Waals surface area contributed by atoms with Crippen LogP contribution in [0.3, 0.4) is 0 Å². The summed E-state index contributed by atoms with van der Waals surface area (Å²) in [6.45, 7) is 3.10. The molecule has 1 amide bonds. The lowest BCUT2D eigenvalue weighted by Crippen LogP contribution is -2.44. The van der Waals surface area contributed by atoms with Crippen molar-refractivity contribution in [1.29, 1.82) is 0 Å². The molecule has 0 saturated carbocycles. The van der Waals surface area contributed by atoms with Crippen LogP contribution in [0.1, 0.15) is 36.0 Å². The Bertz CT molecular complexity index is 533. The molecule has 1 aromatic rings. The van der Waals surface area contributed by atoms with Crippen molar-refractivity contribution >= 4 is 5.91 Å². The SMILES string of the molecule is CN(C)C1CCN(C(=O)c2ccc(OC3CCOCC3)nc2)CC1. The summed E-state index contributed by atoms with van der Waals surface area (Å²) in [5, 5.41) is 0. The predicted molar refractivity (Wildman–Crippen MR) is 91.3 cm³/mol. The third-order valence-corrected chi connectivity index (χ3v) is 4.92. The minimum absolute atomic E-state index is 0.0670. The van der Waals surface area contributed by atoms with E-state index in [9.17, 15) is 4.79 Å². The number of carbonyl (C=O) groups is 1. The minimum Gasteiger partial charge on any atom is -0.474 e. The highest BCUT2D eigenvalue weighted by atomic mass is 16.5. The van der Waals surface area contributed by atoms with Crippen molar-refractivity contribution in [2.75, 3.05) is 40.4 Å². The second kappa shape index (κ2) is 7.94. The number of carbonyl (C=O) groups excluding carboxylic acids is 1. The maximum atomic E-state index is 12.6. The van der Waals surface area contributed by atoms with Gasteiger partial charge >= 0.3 is 0 Å². The highest BCUT2D eigenvalue weighted by Crippen LogP contribution is 2.19. The first-order chi connectivity index (χ1) is 11.6. The fourth-order valence-electron chi connectivity index (χ4n) is 3.31. The van der Waals surface area contributed by atoms with E-state index in [2.05, 4.69) is 24.0 Å². The first-order valence-electron chi connectivity index (χ1n) is 8.79. The lowest BCUT2D eigenvalue weighted by Gasteiger charge is -2.35. The van der Waals surface area contributed by atoms with Crippen molar-refractivity contribution in [1.82, 2.24) is 14.8 Å². The monoisotopic (exact) mass is 333 g/mol. The molecule has 2 fully saturated rings. The quantitative estimate of drug-likeness (QED) is 0.841. The first-order valence-corrected chi connectivity index (χ1v) is 8.79. The van der Waals surface area contributed by atoms with Gasteiger partial charge in [-0.2, -0.15) is 0 Å². The Hall–Kier alpha value is -1.66. The van der Waals surface area contributed by atoms with Crippen molar-refractivity contribution in [2.24, 2.45) is 0 Å². The van der Waals surface area contributed by atoms with E-state index in [1.54, 1.807) is 12.3 Å². The van der Waals surface area contributed by atoms with Crippen molar-refractivity contribution in [3.63, 3.8) is 0 Å². The van der Waals surface area contributed by atoms with Gasteiger partial charge in [-0.1, -0.05) is 0 Å². The van der Waals surface area contributed by atoms with E-state index in [1.165, 1.54) is 0 Å². The number of nitrogens with zero attached hydrogens (tertiary/aromatic N) is 3. The molecule has 3 rings (SSSR count). The van der Waals surface area contributed by atoms with Gasteiger partial charge in [0.15, 0.2) is 0 Å². The Morgan fingerprint density at radius 3 is 2.50 bits per heavy atom. The Balaban J connectivity index is 1.54. The number of hydrogen-bond donors (Lipinski definition) is 0. The molecule has 0 aromatic carbocycles. The van der Waals surface area contributed by atoms with Gasteiger partial charge in [0.1, 0.15) is 6.10 Å². The molecule has 132 valence electrons. The lowest BCUT2D eigenvalue weighted by molar-refractivity contribution is 0.0237. The molecular formula is C18H27N3O3. The Labute approximate surface area is 143 Å². The highest BCUT2D eigenvalue weighted by Gasteiger charge is 2.25. The van der Waals surface area contributed by atoms with E-state index in [0.717, 1.165) is 52.0 Å². The lowest BCUT2D eigenvalue weighted by atomic mass is 10.0. The highest BCUT2D eigenvalue weighted by molar-refractivity contribution is 5.94. The summed E-state index contributed by atoms with van der Waals surface area (Å²) in [6.07, 6.45) is 5.63. The molecule has 0 radical (unpaired) electrons. The molecule has 1 aromatic heterocycles. The largest absolute Gasteiger partial charge is 0.474 e. The second-order valence-corrected chi connectivity index (χ2v) is 6.80. The van der Waals surface area contributed by atoms with Crippen LogP contribution in [0.15, 0.2) is 18.3 Å². The second-order valence-electron chi connectivity index (χ2n) is 6.80. The van der Waals surface area contributed by atoms with E-state index in [4.69, 9.17) is 9.47 Å². The van der Waals surface area contributed by atoms with Gasteiger partial charge < -0.3 is 19.3 Å². The zero-order valence-corrected chi connectivity index (χ0v) is 14.6. The van der Waals surface area contributed by atoms with Crippen LogP contribution in [-0.2, 0) is 4.74 Å². The van der Waals surface area contributed by atoms with Crippen molar-refractivity contribution in [2.45, 2.75) is 37.8 Å². The van der Waals surface area contributed by atoms with Gasteiger partial charge in [0, 0.05) is 44.2 Å². The fourth-order valence-corrected chi connectivity index (χ4v) is 3.31. The number of likely N-dealkylation sites (tertiary alicyclic amines) is 1. The van der Waals surface area contributed by atoms with Gasteiger partial charge in [0.05, 0.1) is 18.8 Å². The van der Waals surface area contributed by atoms with Gasteiger partial charge in [-0.15, -0.1) is 0 Å². The standard InChI is InChI=1S/C18H27N3O3/c1-20(2)15-5-9-21(10-6-15)18(22)14-3-4-17(19-13-14)24-16-7-11-23-12-8-16/h3-4,13,15-16H,5-12H2,1-2H3. The van der Waals surface area contributed by atoms with Crippen molar-refractivity contribution < 1.29 is 14.3 Å². The topological polar surface area (TPSA) is 54.9 Å². The zero-order valence-electron chi connectivity index (χ0n) is 14.6. The van der Waals surface area contributed by atoms with Crippen LogP contribution in [0.2, 0.25) is 0 Å². The molecule has 0 spiro atoms. The fraction of sp³-hybridized carbons (Fsp3) is 0.667. The van der Waals surface area contributed by atoms with E-state index in [-0.39, 0.29) is 12.0 Å². The summed E-state index contributed by atoms with van der Waals surface area (Å²) in [5.41, 5.74) is 0.637. The molecule has 6 nitrogen and oxygen atoms in total. The summed E-state index contributed by atoms with van der Waals surface area (Å²) in [7, 11) is 4.20. The van der Waals surface area contributed by atoms with Crippen LogP contribution in [-0.4, -0.2) is 73.2 Å². The summed E-state index contributed by atoms with van der Waals surface area (Å²) < 4.78 is 11.2. The van der Waals surface area contributed by atoms with Crippen LogP contribution in [0.25, 0.3) is 0 Å². The molecule has 0 aliphatic carbocycles. The number of amides is 1. The van der Waals surface area contributed by atoms with Crippen molar-refractivity contribution in [3.8, 4) is 5.88 Å². The van der Waals surface area contributed by atoms with Gasteiger partial charge in [0.2, 0.25) is 5.88 Å². The average Bonchev–Trinajstić information content (AvgIpc) is 2.63. The van der Waals surface area contributed by atoms with E-state index in [0.29, 0.717) is 17.5 Å². The van der Waals surface area contributed by atoms with Crippen LogP contribution in [0, 0.1) is 0 Å². The Kier molecular flexibility index (Phi) is 5.68. The molecule has 2 saturated heterocycles. The van der Waals surface area contributed by atoms with Gasteiger partial charge in [0.25, 0.3) is 5.91 Å². The smallest absolute Gasteiger partial charge is 0.255 e. The molecule has 24 heavy (non-hydrogen) atoms. The molecule has 0 N–H and O–H groups in total. The minimum atomic E-state index is 0.0670. The molecule has 2 aliphatic rings. The predicted octanol–water partition coefficient (Wildman–Crippen LogP) is 1.81. The summed E-state index contributed by atoms with van der Waals surface area (Å²) in [4.78, 5) is 21.1. The Morgan fingerprint density at radius 2 is 1.92 bits per heavy atom. The average molecular weight is 333 g/mol. The van der Waals surface area contributed by atoms with Crippen LogP contribution in [0.4, 0.5) is 0 Å². The summed E-state index contributed by atoms with van der Waals surface area (Å²) in [6, 6.07) is 4.19. The third-order valence-electron chi connectivity index (χ3n) is 4.92. The van der Waals surface area contributed by atoms with Crippen molar-refractivity contribution in [3.05, 3.63) is 23.9 Å². The maximum Gasteiger partial charge on any atom is 0.255 e. The molecule has 0 unspecified atom stereocenters. The number of piperidine rings is 1. The number of ether oxygens (including phenoxy) is 2. The molecule has 2 aliphatic heterocycles. The van der Waals surface area contributed by atoms with Gasteiger partial charge in [-0.25, -0.2) is 4.98 Å². The number of pyridine rings is 1. The maximum absolute atomic E-state index is 12.6. The Morgan fingerprint density at radius 1 is 1.21 bits per heavy atom. The number of rotatable bonds is 4. The molecule has 6 heteroatoms. The molecule has 3 heterocycles. The normalized spacial score (nSPS) is 20.4. The third kappa shape index (κ3) is 4.24. The van der Waals surface area contributed by atoms with Crippen LogP contribution < -0.4 is 4.74 Å². The summed E-state index contributed by atoms with van der Waals surface area (Å²) >= 11 is 0.